The first-order valence-electron chi connectivity index (χ1n) is 4.38. The van der Waals surface area contributed by atoms with Gasteiger partial charge in [0.2, 0.25) is 0 Å². The van der Waals surface area contributed by atoms with Gasteiger partial charge in [-0.25, -0.2) is 0 Å². The molecule has 4 atom stereocenters. The van der Waals surface area contributed by atoms with Gasteiger partial charge < -0.3 is 5.73 Å². The molecule has 0 amide bonds. The van der Waals surface area contributed by atoms with Crippen LogP contribution in [0.3, 0.4) is 0 Å². The van der Waals surface area contributed by atoms with Crippen molar-refractivity contribution >= 4 is 0 Å². The molecule has 0 aromatic rings. The molecule has 0 aromatic heterocycles. The molecular formula is C9H19N. The standard InChI is InChI=1S/C9H19N/c1-6-4-5-7(2)9(10)8(6)3/h6-9H,4-5,10H2,1-3H3. The van der Waals surface area contributed by atoms with E-state index >= 15 is 0 Å². The zero-order valence-electron chi connectivity index (χ0n) is 7.30. The van der Waals surface area contributed by atoms with Crippen molar-refractivity contribution in [3.05, 3.63) is 0 Å². The summed E-state index contributed by atoms with van der Waals surface area (Å²) in [6.07, 6.45) is 2.70. The lowest BCUT2D eigenvalue weighted by atomic mass is 9.73. The molecule has 1 aliphatic carbocycles. The Hall–Kier alpha value is -0.0400. The van der Waals surface area contributed by atoms with Gasteiger partial charge in [0.25, 0.3) is 0 Å². The van der Waals surface area contributed by atoms with Crippen LogP contribution in [-0.4, -0.2) is 6.04 Å². The Bertz CT molecular complexity index is 97.3. The summed E-state index contributed by atoms with van der Waals surface area (Å²) < 4.78 is 0. The van der Waals surface area contributed by atoms with E-state index in [4.69, 9.17) is 5.73 Å². The molecule has 0 radical (unpaired) electrons. The highest BCUT2D eigenvalue weighted by atomic mass is 14.7. The largest absolute Gasteiger partial charge is 0.327 e. The molecule has 1 heteroatoms. The molecule has 1 saturated carbocycles. The topological polar surface area (TPSA) is 26.0 Å². The molecule has 0 bridgehead atoms. The van der Waals surface area contributed by atoms with Crippen molar-refractivity contribution in [2.24, 2.45) is 23.5 Å². The highest BCUT2D eigenvalue weighted by Gasteiger charge is 2.28. The van der Waals surface area contributed by atoms with Gasteiger partial charge in [0.1, 0.15) is 0 Å². The molecule has 0 aromatic carbocycles. The van der Waals surface area contributed by atoms with E-state index in [1.807, 2.05) is 0 Å². The van der Waals surface area contributed by atoms with Crippen LogP contribution >= 0.6 is 0 Å². The molecule has 0 aliphatic heterocycles. The summed E-state index contributed by atoms with van der Waals surface area (Å²) in [5.74, 6) is 2.31. The number of rotatable bonds is 0. The van der Waals surface area contributed by atoms with Gasteiger partial charge in [0, 0.05) is 6.04 Å². The van der Waals surface area contributed by atoms with Crippen LogP contribution in [0.2, 0.25) is 0 Å². The van der Waals surface area contributed by atoms with Gasteiger partial charge in [0.15, 0.2) is 0 Å². The fraction of sp³-hybridized carbons (Fsp3) is 1.00. The van der Waals surface area contributed by atoms with E-state index in [0.717, 1.165) is 17.8 Å². The first-order valence-corrected chi connectivity index (χ1v) is 4.38. The van der Waals surface area contributed by atoms with Crippen LogP contribution in [0.5, 0.6) is 0 Å². The molecule has 4 unspecified atom stereocenters. The second-order valence-electron chi connectivity index (χ2n) is 3.97. The normalized spacial score (nSPS) is 49.2. The molecule has 1 fully saturated rings. The molecule has 1 aliphatic rings. The van der Waals surface area contributed by atoms with Gasteiger partial charge in [-0.1, -0.05) is 27.2 Å². The molecule has 60 valence electrons. The summed E-state index contributed by atoms with van der Waals surface area (Å²) >= 11 is 0. The average Bonchev–Trinajstić information content (AvgIpc) is 1.93. The summed E-state index contributed by atoms with van der Waals surface area (Å²) in [4.78, 5) is 0. The smallest absolute Gasteiger partial charge is 0.00929 e. The minimum Gasteiger partial charge on any atom is -0.327 e. The molecule has 2 N–H and O–H groups in total. The van der Waals surface area contributed by atoms with E-state index in [1.165, 1.54) is 12.8 Å². The van der Waals surface area contributed by atoms with Gasteiger partial charge in [0.05, 0.1) is 0 Å². The molecule has 1 rings (SSSR count). The number of hydrogen-bond donors (Lipinski definition) is 1. The van der Waals surface area contributed by atoms with E-state index in [0.29, 0.717) is 6.04 Å². The van der Waals surface area contributed by atoms with Crippen LogP contribution in [0, 0.1) is 17.8 Å². The van der Waals surface area contributed by atoms with Crippen LogP contribution in [-0.2, 0) is 0 Å². The lowest BCUT2D eigenvalue weighted by molar-refractivity contribution is 0.182. The molecule has 0 saturated heterocycles. The second kappa shape index (κ2) is 2.91. The fourth-order valence-electron chi connectivity index (χ4n) is 1.88. The maximum atomic E-state index is 6.01. The number of nitrogens with two attached hydrogens (primary N) is 1. The third kappa shape index (κ3) is 1.34. The Morgan fingerprint density at radius 1 is 1.00 bits per heavy atom. The first kappa shape index (κ1) is 8.06. The Kier molecular flexibility index (Phi) is 2.35. The van der Waals surface area contributed by atoms with Crippen LogP contribution in [0.4, 0.5) is 0 Å². The Balaban J connectivity index is 2.52. The van der Waals surface area contributed by atoms with Crippen LogP contribution in [0.1, 0.15) is 33.6 Å². The quantitative estimate of drug-likeness (QED) is 0.548. The van der Waals surface area contributed by atoms with Gasteiger partial charge in [-0.2, -0.15) is 0 Å². The third-order valence-corrected chi connectivity index (χ3v) is 3.24. The van der Waals surface area contributed by atoms with E-state index < -0.39 is 0 Å². The van der Waals surface area contributed by atoms with Crippen LogP contribution in [0.25, 0.3) is 0 Å². The molecular weight excluding hydrogens is 122 g/mol. The first-order chi connectivity index (χ1) is 4.63. The maximum absolute atomic E-state index is 6.01. The lowest BCUT2D eigenvalue weighted by Gasteiger charge is -2.36. The van der Waals surface area contributed by atoms with E-state index in [9.17, 15) is 0 Å². The van der Waals surface area contributed by atoms with Gasteiger partial charge in [-0.15, -0.1) is 0 Å². The predicted molar refractivity (Wildman–Crippen MR) is 44.7 cm³/mol. The highest BCUT2D eigenvalue weighted by molar-refractivity contribution is 4.83. The Morgan fingerprint density at radius 2 is 1.50 bits per heavy atom. The molecule has 0 heterocycles. The number of hydrogen-bond acceptors (Lipinski definition) is 1. The van der Waals surface area contributed by atoms with Crippen molar-refractivity contribution in [1.82, 2.24) is 0 Å². The molecule has 1 nitrogen and oxygen atoms in total. The maximum Gasteiger partial charge on any atom is 0.00929 e. The third-order valence-electron chi connectivity index (χ3n) is 3.24. The molecule has 0 spiro atoms. The van der Waals surface area contributed by atoms with Crippen LogP contribution < -0.4 is 5.73 Å². The average molecular weight is 141 g/mol. The predicted octanol–water partition coefficient (Wildman–Crippen LogP) is 2.02. The Morgan fingerprint density at radius 3 is 2.00 bits per heavy atom. The van der Waals surface area contributed by atoms with E-state index in [2.05, 4.69) is 20.8 Å². The summed E-state index contributed by atoms with van der Waals surface area (Å²) in [7, 11) is 0. The summed E-state index contributed by atoms with van der Waals surface area (Å²) in [6.45, 7) is 6.87. The van der Waals surface area contributed by atoms with E-state index in [1.54, 1.807) is 0 Å². The summed E-state index contributed by atoms with van der Waals surface area (Å²) in [5.41, 5.74) is 6.01. The zero-order chi connectivity index (χ0) is 7.72. The summed E-state index contributed by atoms with van der Waals surface area (Å²) in [6, 6.07) is 0.448. The minimum atomic E-state index is 0.448. The van der Waals surface area contributed by atoms with Crippen molar-refractivity contribution in [2.45, 2.75) is 39.7 Å². The lowest BCUT2D eigenvalue weighted by Crippen LogP contribution is -2.41. The Labute approximate surface area is 64.0 Å². The highest BCUT2D eigenvalue weighted by Crippen LogP contribution is 2.31. The van der Waals surface area contributed by atoms with Crippen LogP contribution in [0.15, 0.2) is 0 Å². The fourth-order valence-corrected chi connectivity index (χ4v) is 1.88. The van der Waals surface area contributed by atoms with Crippen molar-refractivity contribution < 1.29 is 0 Å². The zero-order valence-corrected chi connectivity index (χ0v) is 7.30. The SMILES string of the molecule is CC1CCC(C)C(N)C1C. The van der Waals surface area contributed by atoms with Gasteiger partial charge in [-0.3, -0.25) is 0 Å². The van der Waals surface area contributed by atoms with Crippen molar-refractivity contribution in [1.29, 1.82) is 0 Å². The van der Waals surface area contributed by atoms with Crippen molar-refractivity contribution in [2.75, 3.05) is 0 Å². The minimum absolute atomic E-state index is 0.448. The molecule has 10 heavy (non-hydrogen) atoms. The summed E-state index contributed by atoms with van der Waals surface area (Å²) in [5, 5.41) is 0. The second-order valence-corrected chi connectivity index (χ2v) is 3.97. The van der Waals surface area contributed by atoms with E-state index in [-0.39, 0.29) is 0 Å². The van der Waals surface area contributed by atoms with Gasteiger partial charge in [-0.05, 0) is 24.2 Å². The monoisotopic (exact) mass is 141 g/mol. The van der Waals surface area contributed by atoms with Gasteiger partial charge >= 0.3 is 0 Å². The van der Waals surface area contributed by atoms with Crippen molar-refractivity contribution in [3.8, 4) is 0 Å². The van der Waals surface area contributed by atoms with Crippen molar-refractivity contribution in [3.63, 3.8) is 0 Å².